The van der Waals surface area contributed by atoms with Crippen LogP contribution in [0.15, 0.2) is 94.9 Å². The lowest BCUT2D eigenvalue weighted by Gasteiger charge is -2.20. The molecule has 34 heavy (non-hydrogen) atoms. The minimum atomic E-state index is -0.360. The first-order valence-corrected chi connectivity index (χ1v) is 10.9. The third-order valence-corrected chi connectivity index (χ3v) is 5.39. The number of carbonyl (C=O) groups is 1. The van der Waals surface area contributed by atoms with Crippen molar-refractivity contribution in [2.24, 2.45) is 5.10 Å². The minimum Gasteiger partial charge on any atom is -0.484 e. The average molecular weight is 475 g/mol. The van der Waals surface area contributed by atoms with Crippen LogP contribution in [0.25, 0.3) is 0 Å². The van der Waals surface area contributed by atoms with E-state index in [0.717, 1.165) is 11.3 Å². The van der Waals surface area contributed by atoms with Gasteiger partial charge in [0.1, 0.15) is 23.3 Å². The molecule has 1 aliphatic heterocycles. The van der Waals surface area contributed by atoms with E-state index in [1.807, 2.05) is 18.2 Å². The number of ether oxygens (including phenoxy) is 2. The van der Waals surface area contributed by atoms with Gasteiger partial charge >= 0.3 is 6.01 Å². The molecule has 1 atom stereocenters. The van der Waals surface area contributed by atoms with Gasteiger partial charge in [-0.2, -0.15) is 5.10 Å². The monoisotopic (exact) mass is 474 g/mol. The maximum atomic E-state index is 13.1. The quantitative estimate of drug-likeness (QED) is 0.362. The first-order chi connectivity index (χ1) is 16.7. The van der Waals surface area contributed by atoms with Gasteiger partial charge in [0.15, 0.2) is 6.61 Å². The highest BCUT2D eigenvalue weighted by Gasteiger charge is 2.35. The number of rotatable bonds is 7. The van der Waals surface area contributed by atoms with Gasteiger partial charge in [0, 0.05) is 29.9 Å². The molecule has 8 nitrogen and oxygen atoms in total. The van der Waals surface area contributed by atoms with Gasteiger partial charge in [0.2, 0.25) is 0 Å². The summed E-state index contributed by atoms with van der Waals surface area (Å²) in [4.78, 5) is 21.2. The lowest BCUT2D eigenvalue weighted by atomic mass is 10.0. The van der Waals surface area contributed by atoms with Crippen LogP contribution in [0, 0.1) is 0 Å². The lowest BCUT2D eigenvalue weighted by molar-refractivity contribution is -0.135. The summed E-state index contributed by atoms with van der Waals surface area (Å²) in [6, 6.07) is 19.5. The van der Waals surface area contributed by atoms with Gasteiger partial charge in [-0.05, 0) is 48.0 Å². The van der Waals surface area contributed by atoms with Crippen molar-refractivity contribution in [3.05, 3.63) is 102 Å². The van der Waals surface area contributed by atoms with Crippen LogP contribution < -0.4 is 9.47 Å². The summed E-state index contributed by atoms with van der Waals surface area (Å²) in [6.45, 7) is -0.208. The van der Waals surface area contributed by atoms with Gasteiger partial charge in [-0.25, -0.2) is 15.0 Å². The highest BCUT2D eigenvalue weighted by atomic mass is 35.5. The van der Waals surface area contributed by atoms with E-state index in [-0.39, 0.29) is 24.6 Å². The number of halogens is 1. The first kappa shape index (κ1) is 21.7. The van der Waals surface area contributed by atoms with Crippen LogP contribution in [0.3, 0.4) is 0 Å². The highest BCUT2D eigenvalue weighted by Crippen LogP contribution is 2.33. The van der Waals surface area contributed by atoms with E-state index < -0.39 is 0 Å². The molecular formula is C25H19ClN4O4. The molecule has 1 unspecified atom stereocenters. The molecule has 0 spiro atoms. The maximum absolute atomic E-state index is 13.1. The Morgan fingerprint density at radius 2 is 1.82 bits per heavy atom. The van der Waals surface area contributed by atoms with Crippen molar-refractivity contribution >= 4 is 23.2 Å². The topological polar surface area (TPSA) is 90.0 Å². The Kier molecular flexibility index (Phi) is 6.22. The van der Waals surface area contributed by atoms with E-state index in [1.165, 1.54) is 5.01 Å². The Hall–Kier alpha value is -4.17. The van der Waals surface area contributed by atoms with Crippen LogP contribution in [-0.4, -0.2) is 33.2 Å². The summed E-state index contributed by atoms with van der Waals surface area (Å²) in [5.74, 6) is 1.31. The summed E-state index contributed by atoms with van der Waals surface area (Å²) in [5.41, 5.74) is 1.66. The molecule has 170 valence electrons. The fourth-order valence-electron chi connectivity index (χ4n) is 3.54. The van der Waals surface area contributed by atoms with Crippen molar-refractivity contribution in [3.8, 4) is 17.5 Å². The molecular weight excluding hydrogens is 456 g/mol. The number of benzene rings is 2. The van der Waals surface area contributed by atoms with Crippen molar-refractivity contribution < 1.29 is 18.7 Å². The Morgan fingerprint density at radius 1 is 1.03 bits per heavy atom. The Bertz CT molecular complexity index is 1290. The Morgan fingerprint density at radius 3 is 2.59 bits per heavy atom. The summed E-state index contributed by atoms with van der Waals surface area (Å²) >= 11 is 6.01. The van der Waals surface area contributed by atoms with Crippen molar-refractivity contribution in [2.75, 3.05) is 6.61 Å². The van der Waals surface area contributed by atoms with E-state index in [9.17, 15) is 4.79 Å². The predicted octanol–water partition coefficient (Wildman–Crippen LogP) is 5.27. The van der Waals surface area contributed by atoms with Crippen molar-refractivity contribution in [1.82, 2.24) is 15.0 Å². The number of nitrogens with zero attached hydrogens (tertiary/aromatic N) is 4. The number of carbonyl (C=O) groups excluding carboxylic acids is 1. The van der Waals surface area contributed by atoms with Crippen LogP contribution in [-0.2, 0) is 4.79 Å². The fourth-order valence-corrected chi connectivity index (χ4v) is 3.67. The standard InChI is InChI=1S/C25H19ClN4O4/c26-18-9-7-17(8-10-18)21-15-22(23-6-2-13-32-23)30(29-21)24(31)16-33-19-4-1-5-20(14-19)34-25-27-11-3-12-28-25/h1-14,22H,15-16H2. The normalized spacial score (nSPS) is 15.1. The second kappa shape index (κ2) is 9.76. The highest BCUT2D eigenvalue weighted by molar-refractivity contribution is 6.30. The van der Waals surface area contributed by atoms with E-state index in [4.69, 9.17) is 25.5 Å². The molecule has 1 amide bonds. The molecule has 3 heterocycles. The number of hydrazone groups is 1. The van der Waals surface area contributed by atoms with Crippen LogP contribution in [0.1, 0.15) is 23.8 Å². The van der Waals surface area contributed by atoms with Crippen molar-refractivity contribution in [1.29, 1.82) is 0 Å². The van der Waals surface area contributed by atoms with Crippen LogP contribution in [0.2, 0.25) is 5.02 Å². The van der Waals surface area contributed by atoms with Crippen molar-refractivity contribution in [3.63, 3.8) is 0 Å². The number of aromatic nitrogens is 2. The average Bonchev–Trinajstić information content (AvgIpc) is 3.54. The van der Waals surface area contributed by atoms with Gasteiger partial charge in [0.05, 0.1) is 12.0 Å². The maximum Gasteiger partial charge on any atom is 0.321 e. The summed E-state index contributed by atoms with van der Waals surface area (Å²) in [6.07, 6.45) is 5.27. The van der Waals surface area contributed by atoms with Crippen LogP contribution in [0.4, 0.5) is 0 Å². The van der Waals surface area contributed by atoms with E-state index >= 15 is 0 Å². The molecule has 0 radical (unpaired) electrons. The number of hydrogen-bond acceptors (Lipinski definition) is 7. The molecule has 1 aliphatic rings. The van der Waals surface area contributed by atoms with E-state index in [2.05, 4.69) is 15.1 Å². The second-order valence-corrected chi connectivity index (χ2v) is 7.86. The first-order valence-electron chi connectivity index (χ1n) is 10.5. The Labute approximate surface area is 200 Å². The molecule has 0 N–H and O–H groups in total. The number of furan rings is 1. The molecule has 9 heteroatoms. The molecule has 2 aromatic heterocycles. The van der Waals surface area contributed by atoms with Gasteiger partial charge < -0.3 is 13.9 Å². The smallest absolute Gasteiger partial charge is 0.321 e. The summed E-state index contributed by atoms with van der Waals surface area (Å²) in [5, 5.41) is 6.64. The summed E-state index contributed by atoms with van der Waals surface area (Å²) in [7, 11) is 0. The Balaban J connectivity index is 1.30. The SMILES string of the molecule is O=C(COc1cccc(Oc2ncccn2)c1)N1N=C(c2ccc(Cl)cc2)CC1c1ccco1. The largest absolute Gasteiger partial charge is 0.484 e. The van der Waals surface area contributed by atoms with Gasteiger partial charge in [0.25, 0.3) is 5.91 Å². The van der Waals surface area contributed by atoms with E-state index in [1.54, 1.807) is 67.2 Å². The van der Waals surface area contributed by atoms with Gasteiger partial charge in [-0.1, -0.05) is 29.8 Å². The molecule has 0 aliphatic carbocycles. The predicted molar refractivity (Wildman–Crippen MR) is 125 cm³/mol. The number of hydrogen-bond donors (Lipinski definition) is 0. The van der Waals surface area contributed by atoms with E-state index in [0.29, 0.717) is 28.7 Å². The molecule has 4 aromatic rings. The molecule has 5 rings (SSSR count). The molecule has 0 fully saturated rings. The lowest BCUT2D eigenvalue weighted by Crippen LogP contribution is -2.31. The molecule has 2 aromatic carbocycles. The zero-order valence-corrected chi connectivity index (χ0v) is 18.6. The minimum absolute atomic E-state index is 0.208. The summed E-state index contributed by atoms with van der Waals surface area (Å²) < 4.78 is 17.0. The zero-order chi connectivity index (χ0) is 23.3. The zero-order valence-electron chi connectivity index (χ0n) is 17.9. The molecule has 0 saturated heterocycles. The third kappa shape index (κ3) is 4.92. The van der Waals surface area contributed by atoms with Crippen molar-refractivity contribution in [2.45, 2.75) is 12.5 Å². The van der Waals surface area contributed by atoms with Gasteiger partial charge in [-0.15, -0.1) is 0 Å². The third-order valence-electron chi connectivity index (χ3n) is 5.13. The molecule has 0 saturated carbocycles. The van der Waals surface area contributed by atoms with Crippen LogP contribution >= 0.6 is 11.6 Å². The van der Waals surface area contributed by atoms with Crippen LogP contribution in [0.5, 0.6) is 17.5 Å². The molecule has 0 bridgehead atoms. The fraction of sp³-hybridized carbons (Fsp3) is 0.120. The second-order valence-electron chi connectivity index (χ2n) is 7.42. The number of amides is 1. The van der Waals surface area contributed by atoms with Gasteiger partial charge in [-0.3, -0.25) is 4.79 Å².